The molecular formula is C29H33Cl2N3O4S. The van der Waals surface area contributed by atoms with Gasteiger partial charge < -0.3 is 10.2 Å². The van der Waals surface area contributed by atoms with E-state index in [1.54, 1.807) is 24.3 Å². The minimum Gasteiger partial charge on any atom is -0.352 e. The van der Waals surface area contributed by atoms with Crippen LogP contribution in [0.5, 0.6) is 0 Å². The zero-order chi connectivity index (χ0) is 28.7. The summed E-state index contributed by atoms with van der Waals surface area (Å²) in [6.07, 6.45) is 0.333. The van der Waals surface area contributed by atoms with E-state index in [4.69, 9.17) is 23.2 Å². The van der Waals surface area contributed by atoms with Gasteiger partial charge in [0.25, 0.3) is 10.0 Å². The third-order valence-corrected chi connectivity index (χ3v) is 8.68. The SMILES string of the molecule is CCC(C(=O)NC(C)C)N(Cc1ccc(C)cc1)C(=O)CN(c1cccc(Cl)c1Cl)S(=O)(=O)c1ccccc1. The van der Waals surface area contributed by atoms with Crippen LogP contribution in [0.3, 0.4) is 0 Å². The van der Waals surface area contributed by atoms with Gasteiger partial charge in [-0.05, 0) is 57.0 Å². The molecule has 0 aliphatic heterocycles. The smallest absolute Gasteiger partial charge is 0.264 e. The molecule has 0 aliphatic rings. The highest BCUT2D eigenvalue weighted by Gasteiger charge is 2.34. The number of hydrogen-bond acceptors (Lipinski definition) is 4. The van der Waals surface area contributed by atoms with Crippen molar-refractivity contribution in [2.45, 2.75) is 57.6 Å². The number of aryl methyl sites for hydroxylation is 1. The van der Waals surface area contributed by atoms with E-state index in [2.05, 4.69) is 5.32 Å². The molecule has 0 radical (unpaired) electrons. The number of nitrogens with zero attached hydrogens (tertiary/aromatic N) is 2. The third-order valence-electron chi connectivity index (χ3n) is 6.10. The van der Waals surface area contributed by atoms with Crippen LogP contribution in [0.4, 0.5) is 5.69 Å². The van der Waals surface area contributed by atoms with Gasteiger partial charge in [0.15, 0.2) is 0 Å². The summed E-state index contributed by atoms with van der Waals surface area (Å²) in [4.78, 5) is 28.6. The van der Waals surface area contributed by atoms with Gasteiger partial charge in [-0.3, -0.25) is 13.9 Å². The molecule has 208 valence electrons. The standard InChI is InChI=1S/C29H33Cl2N3O4S/c1-5-25(29(36)32-20(2)3)33(18-22-16-14-21(4)15-17-22)27(35)19-34(26-13-9-12-24(30)28(26)31)39(37,38)23-10-7-6-8-11-23/h6-17,20,25H,5,18-19H2,1-4H3,(H,32,36). The molecule has 0 saturated heterocycles. The van der Waals surface area contributed by atoms with E-state index in [9.17, 15) is 18.0 Å². The predicted octanol–water partition coefficient (Wildman–Crippen LogP) is 5.83. The maximum atomic E-state index is 14.0. The molecule has 1 unspecified atom stereocenters. The van der Waals surface area contributed by atoms with E-state index in [1.165, 1.54) is 29.2 Å². The van der Waals surface area contributed by atoms with Crippen LogP contribution in [0.2, 0.25) is 10.0 Å². The lowest BCUT2D eigenvalue weighted by atomic mass is 10.1. The second-order valence-corrected chi connectivity index (χ2v) is 12.1. The molecule has 3 aromatic rings. The molecule has 0 aromatic heterocycles. The molecule has 0 saturated carbocycles. The highest BCUT2D eigenvalue weighted by atomic mass is 35.5. The Morgan fingerprint density at radius 1 is 0.923 bits per heavy atom. The molecule has 3 aromatic carbocycles. The fraction of sp³-hybridized carbons (Fsp3) is 0.310. The van der Waals surface area contributed by atoms with Gasteiger partial charge in [-0.25, -0.2) is 8.42 Å². The Bertz CT molecular complexity index is 1400. The molecule has 0 bridgehead atoms. The average molecular weight is 591 g/mol. The number of benzene rings is 3. The Labute approximate surface area is 240 Å². The van der Waals surface area contributed by atoms with Gasteiger partial charge in [0.05, 0.1) is 20.6 Å². The predicted molar refractivity (Wildman–Crippen MR) is 157 cm³/mol. The van der Waals surface area contributed by atoms with Crippen molar-refractivity contribution in [3.05, 3.63) is 94.0 Å². The number of nitrogens with one attached hydrogen (secondary N) is 1. The lowest BCUT2D eigenvalue weighted by Gasteiger charge is -2.33. The molecule has 0 fully saturated rings. The molecule has 3 rings (SSSR count). The number of amides is 2. The first-order valence-corrected chi connectivity index (χ1v) is 14.8. The Hall–Kier alpha value is -3.07. The summed E-state index contributed by atoms with van der Waals surface area (Å²) in [7, 11) is -4.23. The van der Waals surface area contributed by atoms with Gasteiger partial charge in [0.2, 0.25) is 11.8 Å². The largest absolute Gasteiger partial charge is 0.352 e. The van der Waals surface area contributed by atoms with Gasteiger partial charge >= 0.3 is 0 Å². The lowest BCUT2D eigenvalue weighted by Crippen LogP contribution is -2.53. The summed E-state index contributed by atoms with van der Waals surface area (Å²) in [6.45, 7) is 6.98. The summed E-state index contributed by atoms with van der Waals surface area (Å²) in [5.74, 6) is -0.872. The second-order valence-electron chi connectivity index (χ2n) is 9.49. The Kier molecular flexibility index (Phi) is 10.4. The van der Waals surface area contributed by atoms with Crippen molar-refractivity contribution in [2.75, 3.05) is 10.8 Å². The Morgan fingerprint density at radius 2 is 1.56 bits per heavy atom. The van der Waals surface area contributed by atoms with Crippen LogP contribution < -0.4 is 9.62 Å². The lowest BCUT2D eigenvalue weighted by molar-refractivity contribution is -0.140. The zero-order valence-corrected chi connectivity index (χ0v) is 24.7. The van der Waals surface area contributed by atoms with Crippen molar-refractivity contribution in [2.24, 2.45) is 0 Å². The van der Waals surface area contributed by atoms with Gasteiger partial charge in [-0.15, -0.1) is 0 Å². The number of rotatable bonds is 11. The van der Waals surface area contributed by atoms with E-state index in [0.717, 1.165) is 15.4 Å². The number of halogens is 2. The first-order chi connectivity index (χ1) is 18.4. The molecule has 0 spiro atoms. The van der Waals surface area contributed by atoms with Gasteiger partial charge in [-0.2, -0.15) is 0 Å². The number of sulfonamides is 1. The Morgan fingerprint density at radius 3 is 2.15 bits per heavy atom. The van der Waals surface area contributed by atoms with Crippen molar-refractivity contribution in [1.82, 2.24) is 10.2 Å². The normalized spacial score (nSPS) is 12.2. The highest BCUT2D eigenvalue weighted by molar-refractivity contribution is 7.92. The van der Waals surface area contributed by atoms with Gasteiger partial charge in [0.1, 0.15) is 12.6 Å². The van der Waals surface area contributed by atoms with E-state index in [1.807, 2.05) is 52.0 Å². The molecule has 1 N–H and O–H groups in total. The van der Waals surface area contributed by atoms with Crippen LogP contribution in [-0.4, -0.2) is 43.8 Å². The molecule has 0 aliphatic carbocycles. The van der Waals surface area contributed by atoms with E-state index in [-0.39, 0.29) is 39.1 Å². The first-order valence-electron chi connectivity index (χ1n) is 12.6. The molecule has 10 heteroatoms. The molecule has 0 heterocycles. The Balaban J connectivity index is 2.09. The first kappa shape index (κ1) is 30.5. The van der Waals surface area contributed by atoms with Crippen LogP contribution in [0.25, 0.3) is 0 Å². The van der Waals surface area contributed by atoms with Crippen LogP contribution in [0.1, 0.15) is 38.3 Å². The van der Waals surface area contributed by atoms with Crippen LogP contribution in [0.15, 0.2) is 77.7 Å². The van der Waals surface area contributed by atoms with Crippen molar-refractivity contribution in [3.63, 3.8) is 0 Å². The monoisotopic (exact) mass is 589 g/mol. The van der Waals surface area contributed by atoms with Crippen molar-refractivity contribution in [3.8, 4) is 0 Å². The maximum Gasteiger partial charge on any atom is 0.264 e. The molecular weight excluding hydrogens is 557 g/mol. The molecule has 2 amide bonds. The van der Waals surface area contributed by atoms with Gasteiger partial charge in [-0.1, -0.05) is 84.2 Å². The third kappa shape index (κ3) is 7.53. The zero-order valence-electron chi connectivity index (χ0n) is 22.4. The van der Waals surface area contributed by atoms with Crippen LogP contribution in [0, 0.1) is 6.92 Å². The number of anilines is 1. The summed E-state index contributed by atoms with van der Waals surface area (Å²) >= 11 is 12.7. The summed E-state index contributed by atoms with van der Waals surface area (Å²) in [5.41, 5.74) is 1.93. The van der Waals surface area contributed by atoms with Crippen molar-refractivity contribution < 1.29 is 18.0 Å². The van der Waals surface area contributed by atoms with E-state index < -0.39 is 28.5 Å². The fourth-order valence-corrected chi connectivity index (χ4v) is 6.00. The summed E-state index contributed by atoms with van der Waals surface area (Å²) in [6, 6.07) is 19.0. The minimum absolute atomic E-state index is 0.00106. The molecule has 1 atom stereocenters. The van der Waals surface area contributed by atoms with Crippen LogP contribution >= 0.6 is 23.2 Å². The summed E-state index contributed by atoms with van der Waals surface area (Å²) < 4.78 is 28.6. The summed E-state index contributed by atoms with van der Waals surface area (Å²) in [5, 5.41) is 3.03. The minimum atomic E-state index is -4.23. The number of carbonyl (C=O) groups excluding carboxylic acids is 2. The van der Waals surface area contributed by atoms with Gasteiger partial charge in [0, 0.05) is 12.6 Å². The van der Waals surface area contributed by atoms with E-state index in [0.29, 0.717) is 6.42 Å². The maximum absolute atomic E-state index is 14.0. The van der Waals surface area contributed by atoms with E-state index >= 15 is 0 Å². The number of carbonyl (C=O) groups is 2. The number of hydrogen-bond donors (Lipinski definition) is 1. The molecule has 39 heavy (non-hydrogen) atoms. The van der Waals surface area contributed by atoms with Crippen LogP contribution in [-0.2, 0) is 26.2 Å². The second kappa shape index (κ2) is 13.3. The fourth-order valence-electron chi connectivity index (χ4n) is 4.11. The van der Waals surface area contributed by atoms with Crippen molar-refractivity contribution >= 4 is 50.7 Å². The topological polar surface area (TPSA) is 86.8 Å². The van der Waals surface area contributed by atoms with Crippen molar-refractivity contribution in [1.29, 1.82) is 0 Å². The average Bonchev–Trinajstić information content (AvgIpc) is 2.90. The highest BCUT2D eigenvalue weighted by Crippen LogP contribution is 2.35. The molecule has 7 nitrogen and oxygen atoms in total. The quantitative estimate of drug-likeness (QED) is 0.305.